The average Bonchev–Trinajstić information content (AvgIpc) is 2.41. The van der Waals surface area contributed by atoms with Gasteiger partial charge < -0.3 is 10.8 Å². The van der Waals surface area contributed by atoms with Gasteiger partial charge in [-0.15, -0.1) is 0 Å². The first-order chi connectivity index (χ1) is 6.89. The van der Waals surface area contributed by atoms with Crippen molar-refractivity contribution >= 4 is 11.0 Å². The molecule has 1 aromatic carbocycles. The van der Waals surface area contributed by atoms with Crippen LogP contribution in [0.1, 0.15) is 5.56 Å². The topological polar surface area (TPSA) is 63.8 Å². The number of rotatable bonds is 0. The summed E-state index contributed by atoms with van der Waals surface area (Å²) in [6.07, 6.45) is -4.43. The standard InChI is InChI=1S/C8H6F3N3O/c9-8(10,11)4-1-2-6-5(3-4)13-7(15)14(6)12/h1-3H,12H2,(H,13,15). The second kappa shape index (κ2) is 2.78. The summed E-state index contributed by atoms with van der Waals surface area (Å²) in [5, 5.41) is 0. The van der Waals surface area contributed by atoms with Crippen molar-refractivity contribution in [2.45, 2.75) is 6.18 Å². The molecule has 0 aliphatic heterocycles. The van der Waals surface area contributed by atoms with Crippen molar-refractivity contribution in [3.05, 3.63) is 34.2 Å². The fourth-order valence-electron chi connectivity index (χ4n) is 1.31. The summed E-state index contributed by atoms with van der Waals surface area (Å²) in [5.74, 6) is 5.29. The summed E-state index contributed by atoms with van der Waals surface area (Å²) in [7, 11) is 0. The van der Waals surface area contributed by atoms with Crippen molar-refractivity contribution in [2.75, 3.05) is 5.84 Å². The Kier molecular flexibility index (Phi) is 1.79. The molecular weight excluding hydrogens is 211 g/mol. The van der Waals surface area contributed by atoms with Crippen molar-refractivity contribution in [3.63, 3.8) is 0 Å². The molecule has 0 radical (unpaired) electrons. The van der Waals surface area contributed by atoms with E-state index in [2.05, 4.69) is 4.98 Å². The molecule has 0 fully saturated rings. The number of nitrogens with two attached hydrogens (primary N) is 1. The van der Waals surface area contributed by atoms with Crippen LogP contribution in [0.3, 0.4) is 0 Å². The van der Waals surface area contributed by atoms with Gasteiger partial charge in [0.25, 0.3) is 0 Å². The van der Waals surface area contributed by atoms with E-state index in [1.807, 2.05) is 0 Å². The number of fused-ring (bicyclic) bond motifs is 1. The highest BCUT2D eigenvalue weighted by atomic mass is 19.4. The SMILES string of the molecule is Nn1c(=O)[nH]c2cc(C(F)(F)F)ccc21. The van der Waals surface area contributed by atoms with Crippen molar-refractivity contribution in [1.82, 2.24) is 9.66 Å². The Morgan fingerprint density at radius 1 is 1.33 bits per heavy atom. The smallest absolute Gasteiger partial charge is 0.335 e. The highest BCUT2D eigenvalue weighted by molar-refractivity contribution is 5.76. The summed E-state index contributed by atoms with van der Waals surface area (Å²) in [4.78, 5) is 13.2. The van der Waals surface area contributed by atoms with Gasteiger partial charge in [-0.05, 0) is 18.2 Å². The molecule has 2 aromatic rings. The van der Waals surface area contributed by atoms with Gasteiger partial charge in [-0.3, -0.25) is 0 Å². The molecule has 0 saturated carbocycles. The molecule has 0 unspecified atom stereocenters. The summed E-state index contributed by atoms with van der Waals surface area (Å²) >= 11 is 0. The molecule has 80 valence electrons. The molecule has 1 heterocycles. The van der Waals surface area contributed by atoms with Gasteiger partial charge in [0.1, 0.15) is 0 Å². The summed E-state index contributed by atoms with van der Waals surface area (Å²) < 4.78 is 37.6. The molecule has 3 N–H and O–H groups in total. The Bertz CT molecular complexity index is 566. The monoisotopic (exact) mass is 217 g/mol. The Morgan fingerprint density at radius 3 is 2.60 bits per heavy atom. The highest BCUT2D eigenvalue weighted by Gasteiger charge is 2.30. The van der Waals surface area contributed by atoms with Crippen molar-refractivity contribution < 1.29 is 13.2 Å². The molecule has 1 aromatic heterocycles. The maximum Gasteiger partial charge on any atom is 0.416 e. The van der Waals surface area contributed by atoms with Gasteiger partial charge in [-0.2, -0.15) is 13.2 Å². The number of halogens is 3. The van der Waals surface area contributed by atoms with E-state index in [4.69, 9.17) is 5.84 Å². The van der Waals surface area contributed by atoms with E-state index in [1.165, 1.54) is 0 Å². The second-order valence-corrected chi connectivity index (χ2v) is 3.03. The third-order valence-electron chi connectivity index (χ3n) is 2.04. The van der Waals surface area contributed by atoms with Crippen LogP contribution in [-0.2, 0) is 6.18 Å². The van der Waals surface area contributed by atoms with Crippen molar-refractivity contribution in [2.24, 2.45) is 0 Å². The van der Waals surface area contributed by atoms with E-state index in [-0.39, 0.29) is 11.0 Å². The fourth-order valence-corrected chi connectivity index (χ4v) is 1.31. The molecule has 0 spiro atoms. The number of nitrogens with one attached hydrogen (secondary N) is 1. The van der Waals surface area contributed by atoms with Gasteiger partial charge in [-0.1, -0.05) is 0 Å². The number of alkyl halides is 3. The van der Waals surface area contributed by atoms with Crippen LogP contribution in [-0.4, -0.2) is 9.66 Å². The van der Waals surface area contributed by atoms with Gasteiger partial charge in [-0.25, -0.2) is 9.47 Å². The Labute approximate surface area is 81.1 Å². The minimum atomic E-state index is -4.43. The van der Waals surface area contributed by atoms with E-state index >= 15 is 0 Å². The quantitative estimate of drug-likeness (QED) is 0.648. The van der Waals surface area contributed by atoms with Crippen LogP contribution in [0.5, 0.6) is 0 Å². The third-order valence-corrected chi connectivity index (χ3v) is 2.04. The number of imidazole rings is 1. The van der Waals surface area contributed by atoms with Gasteiger partial charge in [0, 0.05) is 0 Å². The number of nitrogen functional groups attached to an aromatic ring is 1. The van der Waals surface area contributed by atoms with Gasteiger partial charge in [0.05, 0.1) is 16.6 Å². The molecule has 0 saturated heterocycles. The van der Waals surface area contributed by atoms with Gasteiger partial charge in [0.2, 0.25) is 0 Å². The second-order valence-electron chi connectivity index (χ2n) is 3.03. The first-order valence-electron chi connectivity index (χ1n) is 3.96. The van der Waals surface area contributed by atoms with Gasteiger partial charge >= 0.3 is 11.9 Å². The van der Waals surface area contributed by atoms with E-state index in [1.54, 1.807) is 0 Å². The lowest BCUT2D eigenvalue weighted by atomic mass is 10.2. The first kappa shape index (κ1) is 9.63. The highest BCUT2D eigenvalue weighted by Crippen LogP contribution is 2.30. The number of aromatic amines is 1. The zero-order valence-electron chi connectivity index (χ0n) is 7.30. The van der Waals surface area contributed by atoms with Crippen LogP contribution in [0, 0.1) is 0 Å². The van der Waals surface area contributed by atoms with Crippen molar-refractivity contribution in [3.8, 4) is 0 Å². The van der Waals surface area contributed by atoms with Crippen molar-refractivity contribution in [1.29, 1.82) is 0 Å². The predicted octanol–water partition coefficient (Wildman–Crippen LogP) is 1.06. The molecule has 0 aliphatic rings. The molecule has 0 bridgehead atoms. The normalized spacial score (nSPS) is 12.2. The van der Waals surface area contributed by atoms with E-state index in [0.717, 1.165) is 22.9 Å². The van der Waals surface area contributed by atoms with E-state index in [9.17, 15) is 18.0 Å². The van der Waals surface area contributed by atoms with Crippen LogP contribution >= 0.6 is 0 Å². The van der Waals surface area contributed by atoms with Gasteiger partial charge in [0.15, 0.2) is 0 Å². The summed E-state index contributed by atoms with van der Waals surface area (Å²) in [5.41, 5.74) is -1.17. The third kappa shape index (κ3) is 1.45. The lowest BCUT2D eigenvalue weighted by Crippen LogP contribution is -2.23. The number of aromatic nitrogens is 2. The summed E-state index contributed by atoms with van der Waals surface area (Å²) in [6, 6.07) is 2.87. The number of hydrogen-bond donors (Lipinski definition) is 2. The summed E-state index contributed by atoms with van der Waals surface area (Å²) in [6.45, 7) is 0. The van der Waals surface area contributed by atoms with E-state index in [0.29, 0.717) is 0 Å². The average molecular weight is 217 g/mol. The number of H-pyrrole nitrogens is 1. The molecule has 4 nitrogen and oxygen atoms in total. The molecule has 0 atom stereocenters. The maximum absolute atomic E-state index is 12.3. The number of hydrogen-bond acceptors (Lipinski definition) is 2. The van der Waals surface area contributed by atoms with Crippen LogP contribution < -0.4 is 11.5 Å². The Balaban J connectivity index is 2.73. The Morgan fingerprint density at radius 2 is 2.00 bits per heavy atom. The first-order valence-corrected chi connectivity index (χ1v) is 3.96. The lowest BCUT2D eigenvalue weighted by molar-refractivity contribution is -0.137. The minimum absolute atomic E-state index is 0.0670. The maximum atomic E-state index is 12.3. The molecule has 7 heteroatoms. The number of nitrogens with zero attached hydrogens (tertiary/aromatic N) is 1. The van der Waals surface area contributed by atoms with Crippen LogP contribution in [0.2, 0.25) is 0 Å². The minimum Gasteiger partial charge on any atom is -0.335 e. The zero-order chi connectivity index (χ0) is 11.2. The predicted molar refractivity (Wildman–Crippen MR) is 47.7 cm³/mol. The fraction of sp³-hybridized carbons (Fsp3) is 0.125. The molecular formula is C8H6F3N3O. The van der Waals surface area contributed by atoms with E-state index < -0.39 is 17.4 Å². The van der Waals surface area contributed by atoms with Crippen LogP contribution in [0.25, 0.3) is 11.0 Å². The zero-order valence-corrected chi connectivity index (χ0v) is 7.30. The van der Waals surface area contributed by atoms with Crippen LogP contribution in [0.15, 0.2) is 23.0 Å². The molecule has 15 heavy (non-hydrogen) atoms. The largest absolute Gasteiger partial charge is 0.416 e. The van der Waals surface area contributed by atoms with Crippen LogP contribution in [0.4, 0.5) is 13.2 Å². The lowest BCUT2D eigenvalue weighted by Gasteiger charge is -2.05. The Hall–Kier alpha value is -1.92. The molecule has 2 rings (SSSR count). The number of benzene rings is 1. The molecule has 0 aliphatic carbocycles. The molecule has 0 amide bonds.